The molecule has 0 heterocycles. The van der Waals surface area contributed by atoms with E-state index in [1.54, 1.807) is 47.4 Å². The number of anilines is 1. The van der Waals surface area contributed by atoms with Crippen LogP contribution in [0.15, 0.2) is 42.5 Å². The van der Waals surface area contributed by atoms with Crippen molar-refractivity contribution in [2.75, 3.05) is 30.3 Å². The summed E-state index contributed by atoms with van der Waals surface area (Å²) in [7, 11) is -3.64. The number of para-hydroxylation sites is 2. The number of halogens is 2. The summed E-state index contributed by atoms with van der Waals surface area (Å²) in [6.07, 6.45) is 3.62. The van der Waals surface area contributed by atoms with Crippen LogP contribution >= 0.6 is 23.2 Å². The molecule has 1 unspecified atom stereocenters. The lowest BCUT2D eigenvalue weighted by molar-refractivity contribution is -0.141. The Morgan fingerprint density at radius 3 is 2.36 bits per heavy atom. The predicted molar refractivity (Wildman–Crippen MR) is 158 cm³/mol. The van der Waals surface area contributed by atoms with Crippen molar-refractivity contribution < 1.29 is 22.7 Å². The second kappa shape index (κ2) is 15.9. The van der Waals surface area contributed by atoms with Crippen LogP contribution < -0.4 is 14.4 Å². The van der Waals surface area contributed by atoms with Crippen LogP contribution in [0.25, 0.3) is 0 Å². The molecule has 0 saturated heterocycles. The molecule has 8 nitrogen and oxygen atoms in total. The minimum Gasteiger partial charge on any atom is -0.492 e. The first-order valence-electron chi connectivity index (χ1n) is 13.2. The average molecular weight is 601 g/mol. The Kier molecular flexibility index (Phi) is 13.4. The van der Waals surface area contributed by atoms with Crippen molar-refractivity contribution in [3.8, 4) is 5.75 Å². The van der Waals surface area contributed by atoms with E-state index in [1.807, 2.05) is 20.8 Å². The number of benzene rings is 2. The van der Waals surface area contributed by atoms with Gasteiger partial charge < -0.3 is 15.0 Å². The van der Waals surface area contributed by atoms with E-state index < -0.39 is 16.1 Å². The molecule has 0 aliphatic rings. The molecule has 2 aromatic carbocycles. The Morgan fingerprint density at radius 2 is 1.74 bits per heavy atom. The third-order valence-electron chi connectivity index (χ3n) is 6.14. The van der Waals surface area contributed by atoms with Gasteiger partial charge in [0, 0.05) is 26.1 Å². The van der Waals surface area contributed by atoms with Crippen LogP contribution in [-0.4, -0.2) is 57.1 Å². The van der Waals surface area contributed by atoms with Crippen molar-refractivity contribution in [1.29, 1.82) is 0 Å². The Balaban J connectivity index is 2.26. The fraction of sp³-hybridized carbons (Fsp3) is 0.500. The predicted octanol–water partition coefficient (Wildman–Crippen LogP) is 5.66. The van der Waals surface area contributed by atoms with Gasteiger partial charge in [-0.3, -0.25) is 13.9 Å². The van der Waals surface area contributed by atoms with E-state index in [4.69, 9.17) is 27.9 Å². The van der Waals surface area contributed by atoms with E-state index in [1.165, 1.54) is 4.31 Å². The average Bonchev–Trinajstić information content (AvgIpc) is 2.88. The SMILES string of the molecule is CCCCNC(=O)C(CC)N(Cc1ccc(Cl)c(Cl)c1)C(=O)CCCN(c1ccccc1OCC)S(C)(=O)=O. The number of hydrogen-bond acceptors (Lipinski definition) is 5. The number of hydrogen-bond donors (Lipinski definition) is 1. The third kappa shape index (κ3) is 9.89. The number of nitrogens with one attached hydrogen (secondary N) is 1. The zero-order chi connectivity index (χ0) is 29.0. The van der Waals surface area contributed by atoms with Gasteiger partial charge in [-0.25, -0.2) is 8.42 Å². The van der Waals surface area contributed by atoms with E-state index in [-0.39, 0.29) is 37.7 Å². The first-order valence-corrected chi connectivity index (χ1v) is 15.8. The van der Waals surface area contributed by atoms with Crippen LogP contribution in [-0.2, 0) is 26.2 Å². The summed E-state index contributed by atoms with van der Waals surface area (Å²) in [5.41, 5.74) is 1.16. The van der Waals surface area contributed by atoms with Crippen molar-refractivity contribution in [3.63, 3.8) is 0 Å². The van der Waals surface area contributed by atoms with Crippen LogP contribution in [0.5, 0.6) is 5.75 Å². The van der Waals surface area contributed by atoms with Gasteiger partial charge >= 0.3 is 0 Å². The van der Waals surface area contributed by atoms with E-state index >= 15 is 0 Å². The lowest BCUT2D eigenvalue weighted by Crippen LogP contribution is -2.49. The summed E-state index contributed by atoms with van der Waals surface area (Å²) in [6.45, 7) is 6.88. The normalized spacial score (nSPS) is 12.1. The molecular weight excluding hydrogens is 561 g/mol. The molecule has 1 N–H and O–H groups in total. The Morgan fingerprint density at radius 1 is 1.03 bits per heavy atom. The number of ether oxygens (including phenoxy) is 1. The summed E-state index contributed by atoms with van der Waals surface area (Å²) < 4.78 is 32.2. The molecule has 0 fully saturated rings. The number of sulfonamides is 1. The van der Waals surface area contributed by atoms with Crippen molar-refractivity contribution in [3.05, 3.63) is 58.1 Å². The molecule has 1 atom stereocenters. The molecule has 0 spiro atoms. The largest absolute Gasteiger partial charge is 0.492 e. The monoisotopic (exact) mass is 599 g/mol. The Labute approximate surface area is 242 Å². The Bertz CT molecular complexity index is 1210. The van der Waals surface area contributed by atoms with E-state index in [0.717, 1.165) is 24.7 Å². The molecule has 216 valence electrons. The van der Waals surface area contributed by atoms with Crippen LogP contribution in [0.3, 0.4) is 0 Å². The number of unbranched alkanes of at least 4 members (excludes halogenated alkanes) is 1. The molecule has 2 amide bonds. The highest BCUT2D eigenvalue weighted by Crippen LogP contribution is 2.30. The topological polar surface area (TPSA) is 96.0 Å². The molecular formula is C28H39Cl2N3O5S. The first-order chi connectivity index (χ1) is 18.5. The number of rotatable bonds is 16. The zero-order valence-electron chi connectivity index (χ0n) is 23.1. The van der Waals surface area contributed by atoms with E-state index in [9.17, 15) is 18.0 Å². The van der Waals surface area contributed by atoms with Crippen molar-refractivity contribution in [1.82, 2.24) is 10.2 Å². The summed E-state index contributed by atoms with van der Waals surface area (Å²) in [5.74, 6) is -0.0272. The van der Waals surface area contributed by atoms with Gasteiger partial charge in [-0.05, 0) is 56.0 Å². The fourth-order valence-electron chi connectivity index (χ4n) is 4.18. The quantitative estimate of drug-likeness (QED) is 0.251. The Hall–Kier alpha value is -2.49. The second-order valence-electron chi connectivity index (χ2n) is 9.18. The van der Waals surface area contributed by atoms with Crippen LogP contribution in [0.4, 0.5) is 5.69 Å². The first kappa shape index (κ1) is 32.7. The standard InChI is InChI=1S/C28H39Cl2N3O5S/c1-5-8-17-31-28(35)24(6-2)32(20-21-15-16-22(29)23(30)19-21)27(34)14-11-18-33(39(4,36)37)25-12-9-10-13-26(25)38-7-3/h9-10,12-13,15-16,19,24H,5-8,11,14,17-18,20H2,1-4H3,(H,31,35). The van der Waals surface area contributed by atoms with Gasteiger partial charge in [0.15, 0.2) is 0 Å². The molecule has 0 aliphatic heterocycles. The molecule has 0 saturated carbocycles. The second-order valence-corrected chi connectivity index (χ2v) is 11.9. The van der Waals surface area contributed by atoms with Crippen molar-refractivity contribution >= 4 is 50.7 Å². The number of carbonyl (C=O) groups excluding carboxylic acids is 2. The van der Waals surface area contributed by atoms with Crippen LogP contribution in [0.2, 0.25) is 10.0 Å². The molecule has 0 radical (unpaired) electrons. The molecule has 11 heteroatoms. The minimum absolute atomic E-state index is 0.0445. The molecule has 0 aromatic heterocycles. The highest BCUT2D eigenvalue weighted by Gasteiger charge is 2.29. The number of amides is 2. The molecule has 2 aromatic rings. The maximum Gasteiger partial charge on any atom is 0.242 e. The molecule has 2 rings (SSSR count). The third-order valence-corrected chi connectivity index (χ3v) is 8.06. The van der Waals surface area contributed by atoms with Gasteiger partial charge in [0.2, 0.25) is 21.8 Å². The zero-order valence-corrected chi connectivity index (χ0v) is 25.4. The van der Waals surface area contributed by atoms with Gasteiger partial charge in [0.1, 0.15) is 11.8 Å². The van der Waals surface area contributed by atoms with Gasteiger partial charge in [0.25, 0.3) is 0 Å². The summed E-state index contributed by atoms with van der Waals surface area (Å²) >= 11 is 12.3. The summed E-state index contributed by atoms with van der Waals surface area (Å²) in [6, 6.07) is 11.3. The summed E-state index contributed by atoms with van der Waals surface area (Å²) in [5, 5.41) is 3.69. The van der Waals surface area contributed by atoms with E-state index in [2.05, 4.69) is 5.32 Å². The molecule has 0 aliphatic carbocycles. The lowest BCUT2D eigenvalue weighted by atomic mass is 10.1. The molecule has 39 heavy (non-hydrogen) atoms. The van der Waals surface area contributed by atoms with Gasteiger partial charge in [-0.15, -0.1) is 0 Å². The molecule has 0 bridgehead atoms. The number of carbonyl (C=O) groups is 2. The highest BCUT2D eigenvalue weighted by atomic mass is 35.5. The van der Waals surface area contributed by atoms with Crippen LogP contribution in [0.1, 0.15) is 58.4 Å². The smallest absolute Gasteiger partial charge is 0.242 e. The minimum atomic E-state index is -3.64. The highest BCUT2D eigenvalue weighted by molar-refractivity contribution is 7.92. The van der Waals surface area contributed by atoms with Crippen molar-refractivity contribution in [2.24, 2.45) is 0 Å². The van der Waals surface area contributed by atoms with Gasteiger partial charge in [-0.1, -0.05) is 61.7 Å². The van der Waals surface area contributed by atoms with Crippen molar-refractivity contribution in [2.45, 2.75) is 65.5 Å². The maximum atomic E-state index is 13.6. The van der Waals surface area contributed by atoms with E-state index in [0.29, 0.717) is 41.1 Å². The summed E-state index contributed by atoms with van der Waals surface area (Å²) in [4.78, 5) is 28.2. The lowest BCUT2D eigenvalue weighted by Gasteiger charge is -2.31. The van der Waals surface area contributed by atoms with Gasteiger partial charge in [0.05, 0.1) is 28.6 Å². The fourth-order valence-corrected chi connectivity index (χ4v) is 5.47. The number of nitrogens with zero attached hydrogens (tertiary/aromatic N) is 2. The maximum absolute atomic E-state index is 13.6. The van der Waals surface area contributed by atoms with Crippen LogP contribution in [0, 0.1) is 0 Å². The van der Waals surface area contributed by atoms with Gasteiger partial charge in [-0.2, -0.15) is 0 Å².